The van der Waals surface area contributed by atoms with Crippen molar-refractivity contribution in [1.29, 1.82) is 0 Å². The molecular formula is C22H19NO3. The maximum absolute atomic E-state index is 11.6. The minimum atomic E-state index is -0.966. The van der Waals surface area contributed by atoms with E-state index in [-0.39, 0.29) is 5.56 Å². The van der Waals surface area contributed by atoms with E-state index in [0.717, 1.165) is 11.1 Å². The summed E-state index contributed by atoms with van der Waals surface area (Å²) < 4.78 is 5.98. The van der Waals surface area contributed by atoms with Gasteiger partial charge >= 0.3 is 5.97 Å². The number of carbonyl (C=O) groups is 1. The van der Waals surface area contributed by atoms with Gasteiger partial charge in [-0.3, -0.25) is 4.98 Å². The first kappa shape index (κ1) is 17.4. The molecule has 0 fully saturated rings. The van der Waals surface area contributed by atoms with Gasteiger partial charge in [0.15, 0.2) is 0 Å². The van der Waals surface area contributed by atoms with Crippen LogP contribution in [0.25, 0.3) is 11.3 Å². The van der Waals surface area contributed by atoms with Crippen LogP contribution < -0.4 is 4.74 Å². The third-order valence-electron chi connectivity index (χ3n) is 4.02. The van der Waals surface area contributed by atoms with E-state index in [4.69, 9.17) is 4.74 Å². The van der Waals surface area contributed by atoms with Gasteiger partial charge in [0.25, 0.3) is 0 Å². The number of carboxylic acid groups (broad SMARTS) is 1. The molecule has 4 heteroatoms. The summed E-state index contributed by atoms with van der Waals surface area (Å²) in [6.45, 7) is 4.16. The molecule has 0 saturated heterocycles. The Morgan fingerprint density at radius 3 is 2.62 bits per heavy atom. The minimum Gasteiger partial charge on any atom is -0.487 e. The summed E-state index contributed by atoms with van der Waals surface area (Å²) in [6, 6.07) is 18.7. The van der Waals surface area contributed by atoms with Gasteiger partial charge in [0.2, 0.25) is 0 Å². The molecular weight excluding hydrogens is 326 g/mol. The fraction of sp³-hybridized carbons (Fsp3) is 0.0909. The summed E-state index contributed by atoms with van der Waals surface area (Å²) in [4.78, 5) is 16.0. The number of rotatable bonds is 7. The zero-order valence-corrected chi connectivity index (χ0v) is 14.3. The molecule has 0 aliphatic heterocycles. The third kappa shape index (κ3) is 3.81. The largest absolute Gasteiger partial charge is 0.487 e. The van der Waals surface area contributed by atoms with Crippen LogP contribution >= 0.6 is 0 Å². The second-order valence-electron chi connectivity index (χ2n) is 5.75. The monoisotopic (exact) mass is 345 g/mol. The van der Waals surface area contributed by atoms with Crippen LogP contribution in [-0.2, 0) is 13.0 Å². The highest BCUT2D eigenvalue weighted by molar-refractivity contribution is 5.92. The van der Waals surface area contributed by atoms with Crippen molar-refractivity contribution in [3.8, 4) is 17.0 Å². The van der Waals surface area contributed by atoms with Gasteiger partial charge < -0.3 is 9.84 Å². The second-order valence-corrected chi connectivity index (χ2v) is 5.75. The van der Waals surface area contributed by atoms with Gasteiger partial charge in [0, 0.05) is 11.8 Å². The lowest BCUT2D eigenvalue weighted by Gasteiger charge is -2.15. The Hall–Kier alpha value is -3.40. The molecule has 130 valence electrons. The van der Waals surface area contributed by atoms with Crippen molar-refractivity contribution in [2.75, 3.05) is 0 Å². The molecule has 26 heavy (non-hydrogen) atoms. The number of nitrogens with zero attached hydrogens (tertiary/aromatic N) is 1. The van der Waals surface area contributed by atoms with E-state index in [9.17, 15) is 9.90 Å². The summed E-state index contributed by atoms with van der Waals surface area (Å²) in [5.41, 5.74) is 3.35. The molecule has 0 atom stereocenters. The first-order valence-corrected chi connectivity index (χ1v) is 8.29. The Morgan fingerprint density at radius 1 is 1.08 bits per heavy atom. The van der Waals surface area contributed by atoms with Gasteiger partial charge in [-0.1, -0.05) is 48.5 Å². The molecule has 1 aromatic heterocycles. The molecule has 0 bridgehead atoms. The lowest BCUT2D eigenvalue weighted by Crippen LogP contribution is -2.05. The average molecular weight is 345 g/mol. The van der Waals surface area contributed by atoms with E-state index in [1.807, 2.05) is 42.5 Å². The van der Waals surface area contributed by atoms with Crippen LogP contribution in [0.3, 0.4) is 0 Å². The van der Waals surface area contributed by atoms with Crippen LogP contribution in [0.1, 0.15) is 21.5 Å². The number of hydrogen-bond donors (Lipinski definition) is 1. The fourth-order valence-electron chi connectivity index (χ4n) is 2.82. The molecule has 1 heterocycles. The Morgan fingerprint density at radius 2 is 1.88 bits per heavy atom. The van der Waals surface area contributed by atoms with Crippen molar-refractivity contribution in [3.05, 3.63) is 96.2 Å². The van der Waals surface area contributed by atoms with Crippen LogP contribution in [0.4, 0.5) is 0 Å². The Bertz CT molecular complexity index is 920. The number of aromatic nitrogens is 1. The molecule has 0 saturated carbocycles. The topological polar surface area (TPSA) is 59.4 Å². The van der Waals surface area contributed by atoms with Gasteiger partial charge in [-0.05, 0) is 35.7 Å². The van der Waals surface area contributed by atoms with Crippen molar-refractivity contribution in [2.45, 2.75) is 13.0 Å². The SMILES string of the molecule is C=CCc1c(C(=O)O)cccc1-c1ncccc1OCc1ccccc1. The molecule has 3 rings (SSSR count). The summed E-state index contributed by atoms with van der Waals surface area (Å²) >= 11 is 0. The molecule has 0 aliphatic carbocycles. The van der Waals surface area contributed by atoms with Gasteiger partial charge in [-0.25, -0.2) is 4.79 Å². The van der Waals surface area contributed by atoms with E-state index >= 15 is 0 Å². The molecule has 2 aromatic carbocycles. The first-order chi connectivity index (χ1) is 12.7. The maximum atomic E-state index is 11.6. The summed E-state index contributed by atoms with van der Waals surface area (Å²) in [6.07, 6.45) is 3.81. The van der Waals surface area contributed by atoms with Crippen LogP contribution in [0.15, 0.2) is 79.5 Å². The number of pyridine rings is 1. The van der Waals surface area contributed by atoms with Gasteiger partial charge in [-0.15, -0.1) is 6.58 Å². The van der Waals surface area contributed by atoms with E-state index in [1.165, 1.54) is 0 Å². The summed E-state index contributed by atoms with van der Waals surface area (Å²) in [5.74, 6) is -0.351. The van der Waals surface area contributed by atoms with Crippen molar-refractivity contribution in [2.24, 2.45) is 0 Å². The summed E-state index contributed by atoms with van der Waals surface area (Å²) in [7, 11) is 0. The van der Waals surface area contributed by atoms with Crippen LogP contribution in [0.5, 0.6) is 5.75 Å². The van der Waals surface area contributed by atoms with Crippen molar-refractivity contribution >= 4 is 5.97 Å². The van der Waals surface area contributed by atoms with E-state index in [1.54, 1.807) is 30.5 Å². The number of allylic oxidation sites excluding steroid dienone is 1. The van der Waals surface area contributed by atoms with Crippen LogP contribution in [0.2, 0.25) is 0 Å². The van der Waals surface area contributed by atoms with Gasteiger partial charge in [0.05, 0.1) is 5.56 Å². The predicted molar refractivity (Wildman–Crippen MR) is 101 cm³/mol. The highest BCUT2D eigenvalue weighted by Crippen LogP contribution is 2.32. The molecule has 3 aromatic rings. The normalized spacial score (nSPS) is 10.3. The molecule has 0 amide bonds. The first-order valence-electron chi connectivity index (χ1n) is 8.29. The molecule has 0 spiro atoms. The van der Waals surface area contributed by atoms with Crippen molar-refractivity contribution in [3.63, 3.8) is 0 Å². The standard InChI is InChI=1S/C22H19NO3/c1-2-8-17-18(11-6-12-19(17)22(24)25)21-20(13-7-14-23-21)26-15-16-9-4-3-5-10-16/h2-7,9-14H,1,8,15H2,(H,24,25). The maximum Gasteiger partial charge on any atom is 0.335 e. The predicted octanol–water partition coefficient (Wildman–Crippen LogP) is 4.75. The zero-order valence-electron chi connectivity index (χ0n) is 14.3. The van der Waals surface area contributed by atoms with E-state index < -0.39 is 5.97 Å². The molecule has 0 aliphatic rings. The lowest BCUT2D eigenvalue weighted by molar-refractivity contribution is 0.0696. The number of ether oxygens (including phenoxy) is 1. The Kier molecular flexibility index (Phi) is 5.44. The third-order valence-corrected chi connectivity index (χ3v) is 4.02. The minimum absolute atomic E-state index is 0.252. The number of aromatic carboxylic acids is 1. The Balaban J connectivity index is 2.01. The van der Waals surface area contributed by atoms with Crippen LogP contribution in [-0.4, -0.2) is 16.1 Å². The highest BCUT2D eigenvalue weighted by atomic mass is 16.5. The molecule has 1 N–H and O–H groups in total. The fourth-order valence-corrected chi connectivity index (χ4v) is 2.82. The van der Waals surface area contributed by atoms with E-state index in [2.05, 4.69) is 11.6 Å². The van der Waals surface area contributed by atoms with Crippen molar-refractivity contribution in [1.82, 2.24) is 4.98 Å². The zero-order chi connectivity index (χ0) is 18.4. The van der Waals surface area contributed by atoms with Crippen LogP contribution in [0, 0.1) is 0 Å². The number of carboxylic acids is 1. The van der Waals surface area contributed by atoms with Gasteiger partial charge in [0.1, 0.15) is 18.1 Å². The smallest absolute Gasteiger partial charge is 0.335 e. The summed E-state index contributed by atoms with van der Waals surface area (Å²) in [5, 5.41) is 9.50. The molecule has 0 radical (unpaired) electrons. The molecule has 0 unspecified atom stereocenters. The number of hydrogen-bond acceptors (Lipinski definition) is 3. The quantitative estimate of drug-likeness (QED) is 0.628. The van der Waals surface area contributed by atoms with Gasteiger partial charge in [-0.2, -0.15) is 0 Å². The van der Waals surface area contributed by atoms with E-state index in [0.29, 0.717) is 30.0 Å². The average Bonchev–Trinajstić information content (AvgIpc) is 2.68. The lowest BCUT2D eigenvalue weighted by atomic mass is 9.95. The second kappa shape index (κ2) is 8.12. The highest BCUT2D eigenvalue weighted by Gasteiger charge is 2.17. The Labute approximate surface area is 152 Å². The molecule has 4 nitrogen and oxygen atoms in total. The number of benzene rings is 2. The van der Waals surface area contributed by atoms with Crippen molar-refractivity contribution < 1.29 is 14.6 Å².